The molecule has 116 valence electrons. The van der Waals surface area contributed by atoms with Crippen molar-refractivity contribution in [3.05, 3.63) is 58.3 Å². The van der Waals surface area contributed by atoms with E-state index in [-0.39, 0.29) is 17.9 Å². The number of amides is 1. The van der Waals surface area contributed by atoms with Crippen molar-refractivity contribution in [2.24, 2.45) is 5.41 Å². The first-order valence-corrected chi connectivity index (χ1v) is 8.66. The summed E-state index contributed by atoms with van der Waals surface area (Å²) >= 11 is 1.55. The summed E-state index contributed by atoms with van der Waals surface area (Å²) < 4.78 is 0. The molecule has 3 rings (SSSR count). The van der Waals surface area contributed by atoms with E-state index in [1.165, 1.54) is 5.56 Å². The van der Waals surface area contributed by atoms with Gasteiger partial charge < -0.3 is 10.4 Å². The molecule has 2 N–H and O–H groups in total. The standard InChI is InChI=1S/C18H21NO2S/c20-16(15-7-10-22-13-15)12-19-17(21)18(8-4-9-18)11-14-5-2-1-3-6-14/h1-3,5-7,10,13,16,20H,4,8-9,11-12H2,(H,19,21). The Bertz CT molecular complexity index is 605. The predicted molar refractivity (Wildman–Crippen MR) is 88.7 cm³/mol. The highest BCUT2D eigenvalue weighted by atomic mass is 32.1. The zero-order valence-corrected chi connectivity index (χ0v) is 13.3. The first-order chi connectivity index (χ1) is 10.7. The Morgan fingerprint density at radius 1 is 1.27 bits per heavy atom. The summed E-state index contributed by atoms with van der Waals surface area (Å²) in [6.45, 7) is 0.284. The van der Waals surface area contributed by atoms with Gasteiger partial charge in [0.2, 0.25) is 5.91 Å². The third-order valence-corrected chi connectivity index (χ3v) is 5.26. The molecule has 0 radical (unpaired) electrons. The third kappa shape index (κ3) is 3.23. The minimum atomic E-state index is -0.621. The first kappa shape index (κ1) is 15.3. The monoisotopic (exact) mass is 315 g/mol. The van der Waals surface area contributed by atoms with Crippen LogP contribution in [0.1, 0.15) is 36.5 Å². The summed E-state index contributed by atoms with van der Waals surface area (Å²) in [4.78, 5) is 12.6. The van der Waals surface area contributed by atoms with Gasteiger partial charge in [0, 0.05) is 6.54 Å². The summed E-state index contributed by atoms with van der Waals surface area (Å²) in [5.74, 6) is 0.0804. The third-order valence-electron chi connectivity index (χ3n) is 4.56. The molecule has 1 saturated carbocycles. The molecule has 3 nitrogen and oxygen atoms in total. The topological polar surface area (TPSA) is 49.3 Å². The lowest BCUT2D eigenvalue weighted by molar-refractivity contribution is -0.136. The second-order valence-corrected chi connectivity index (χ2v) is 6.86. The second kappa shape index (κ2) is 6.63. The van der Waals surface area contributed by atoms with Gasteiger partial charge in [-0.3, -0.25) is 4.79 Å². The van der Waals surface area contributed by atoms with Crippen LogP contribution in [0.2, 0.25) is 0 Å². The summed E-state index contributed by atoms with van der Waals surface area (Å²) in [7, 11) is 0. The van der Waals surface area contributed by atoms with Crippen molar-refractivity contribution in [3.8, 4) is 0 Å². The highest BCUT2D eigenvalue weighted by Gasteiger charge is 2.43. The lowest BCUT2D eigenvalue weighted by Gasteiger charge is -2.40. The Balaban J connectivity index is 1.60. The van der Waals surface area contributed by atoms with Gasteiger partial charge >= 0.3 is 0 Å². The molecule has 1 aliphatic carbocycles. The van der Waals surface area contributed by atoms with E-state index < -0.39 is 6.10 Å². The van der Waals surface area contributed by atoms with Crippen LogP contribution in [0.3, 0.4) is 0 Å². The molecular formula is C18H21NO2S. The predicted octanol–water partition coefficient (Wildman–Crippen LogP) is 3.31. The van der Waals surface area contributed by atoms with Crippen LogP contribution < -0.4 is 5.32 Å². The molecule has 1 aliphatic rings. The molecule has 2 aromatic rings. The maximum Gasteiger partial charge on any atom is 0.226 e. The fourth-order valence-electron chi connectivity index (χ4n) is 3.03. The quantitative estimate of drug-likeness (QED) is 0.859. The molecule has 1 fully saturated rings. The maximum atomic E-state index is 12.6. The van der Waals surface area contributed by atoms with E-state index in [1.54, 1.807) is 11.3 Å². The van der Waals surface area contributed by atoms with Crippen LogP contribution in [0.5, 0.6) is 0 Å². The van der Waals surface area contributed by atoms with Gasteiger partial charge in [0.15, 0.2) is 0 Å². The molecule has 1 aromatic carbocycles. The van der Waals surface area contributed by atoms with Crippen LogP contribution in [-0.2, 0) is 11.2 Å². The van der Waals surface area contributed by atoms with E-state index in [0.29, 0.717) is 0 Å². The first-order valence-electron chi connectivity index (χ1n) is 7.72. The number of aliphatic hydroxyl groups excluding tert-OH is 1. The molecule has 1 atom stereocenters. The number of hydrogen-bond acceptors (Lipinski definition) is 3. The van der Waals surface area contributed by atoms with Gasteiger partial charge in [0.1, 0.15) is 0 Å². The van der Waals surface area contributed by atoms with Crippen molar-refractivity contribution in [1.29, 1.82) is 0 Å². The zero-order chi connectivity index (χ0) is 15.4. The number of carbonyl (C=O) groups excluding carboxylic acids is 1. The normalized spacial score (nSPS) is 17.5. The molecule has 1 amide bonds. The molecule has 0 bridgehead atoms. The average Bonchev–Trinajstić information content (AvgIpc) is 3.03. The number of thiophene rings is 1. The van der Waals surface area contributed by atoms with Crippen LogP contribution in [0, 0.1) is 5.41 Å². The van der Waals surface area contributed by atoms with E-state index in [4.69, 9.17) is 0 Å². The van der Waals surface area contributed by atoms with Crippen molar-refractivity contribution in [1.82, 2.24) is 5.32 Å². The molecule has 0 aliphatic heterocycles. The summed E-state index contributed by atoms with van der Waals surface area (Å²) in [5, 5.41) is 16.9. The Kier molecular flexibility index (Phi) is 4.60. The van der Waals surface area contributed by atoms with Gasteiger partial charge in [-0.2, -0.15) is 11.3 Å². The number of hydrogen-bond donors (Lipinski definition) is 2. The van der Waals surface area contributed by atoms with Crippen molar-refractivity contribution in [2.45, 2.75) is 31.8 Å². The van der Waals surface area contributed by atoms with Crippen LogP contribution in [-0.4, -0.2) is 17.6 Å². The van der Waals surface area contributed by atoms with Crippen molar-refractivity contribution in [2.75, 3.05) is 6.54 Å². The van der Waals surface area contributed by atoms with E-state index in [9.17, 15) is 9.90 Å². The summed E-state index contributed by atoms with van der Waals surface area (Å²) in [6.07, 6.45) is 3.13. The Morgan fingerprint density at radius 2 is 2.05 bits per heavy atom. The van der Waals surface area contributed by atoms with Gasteiger partial charge in [0.05, 0.1) is 11.5 Å². The van der Waals surface area contributed by atoms with Gasteiger partial charge in [-0.25, -0.2) is 0 Å². The van der Waals surface area contributed by atoms with Crippen LogP contribution in [0.25, 0.3) is 0 Å². The molecule has 0 spiro atoms. The molecular weight excluding hydrogens is 294 g/mol. The van der Waals surface area contributed by atoms with Gasteiger partial charge in [-0.1, -0.05) is 36.8 Å². The Morgan fingerprint density at radius 3 is 2.64 bits per heavy atom. The number of nitrogens with one attached hydrogen (secondary N) is 1. The highest BCUT2D eigenvalue weighted by molar-refractivity contribution is 7.07. The summed E-state index contributed by atoms with van der Waals surface area (Å²) in [6, 6.07) is 12.1. The molecule has 1 unspecified atom stereocenters. The van der Waals surface area contributed by atoms with Gasteiger partial charge in [0.25, 0.3) is 0 Å². The lowest BCUT2D eigenvalue weighted by atomic mass is 9.64. The molecule has 22 heavy (non-hydrogen) atoms. The fraction of sp³-hybridized carbons (Fsp3) is 0.389. The number of benzene rings is 1. The minimum Gasteiger partial charge on any atom is -0.387 e. The fourth-order valence-corrected chi connectivity index (χ4v) is 3.74. The van der Waals surface area contributed by atoms with Crippen LogP contribution in [0.15, 0.2) is 47.2 Å². The van der Waals surface area contributed by atoms with Gasteiger partial charge in [-0.15, -0.1) is 0 Å². The smallest absolute Gasteiger partial charge is 0.226 e. The number of rotatable bonds is 6. The largest absolute Gasteiger partial charge is 0.387 e. The SMILES string of the molecule is O=C(NCC(O)c1ccsc1)C1(Cc2ccccc2)CCC1. The highest BCUT2D eigenvalue weighted by Crippen LogP contribution is 2.44. The molecule has 1 heterocycles. The Hall–Kier alpha value is -1.65. The van der Waals surface area contributed by atoms with E-state index in [1.807, 2.05) is 35.0 Å². The second-order valence-electron chi connectivity index (χ2n) is 6.08. The van der Waals surface area contributed by atoms with Crippen molar-refractivity contribution < 1.29 is 9.90 Å². The number of carbonyl (C=O) groups is 1. The lowest BCUT2D eigenvalue weighted by Crippen LogP contribution is -2.48. The van der Waals surface area contributed by atoms with Crippen molar-refractivity contribution in [3.63, 3.8) is 0 Å². The summed E-state index contributed by atoms with van der Waals surface area (Å²) in [5.41, 5.74) is 1.79. The van der Waals surface area contributed by atoms with E-state index >= 15 is 0 Å². The van der Waals surface area contributed by atoms with E-state index in [0.717, 1.165) is 31.2 Å². The minimum absolute atomic E-state index is 0.0804. The maximum absolute atomic E-state index is 12.6. The molecule has 4 heteroatoms. The molecule has 1 aromatic heterocycles. The molecule has 0 saturated heterocycles. The zero-order valence-electron chi connectivity index (χ0n) is 12.5. The van der Waals surface area contributed by atoms with Gasteiger partial charge in [-0.05, 0) is 47.2 Å². The Labute approximate surface area is 135 Å². The van der Waals surface area contributed by atoms with Crippen LogP contribution in [0.4, 0.5) is 0 Å². The van der Waals surface area contributed by atoms with Crippen molar-refractivity contribution >= 4 is 17.2 Å². The number of aliphatic hydroxyl groups is 1. The van der Waals surface area contributed by atoms with Crippen LogP contribution >= 0.6 is 11.3 Å². The van der Waals surface area contributed by atoms with E-state index in [2.05, 4.69) is 17.4 Å². The average molecular weight is 315 g/mol.